The highest BCUT2D eigenvalue weighted by Crippen LogP contribution is 2.41. The molecule has 3 aromatic heterocycles. The van der Waals surface area contributed by atoms with Gasteiger partial charge in [-0.2, -0.15) is 0 Å². The first-order valence-corrected chi connectivity index (χ1v) is 20.3. The van der Waals surface area contributed by atoms with Crippen LogP contribution in [0, 0.1) is 5.41 Å². The zero-order valence-electron chi connectivity index (χ0n) is 32.5. The van der Waals surface area contributed by atoms with Crippen molar-refractivity contribution in [3.05, 3.63) is 212 Å². The van der Waals surface area contributed by atoms with Crippen molar-refractivity contribution in [2.75, 3.05) is 0 Å². The van der Waals surface area contributed by atoms with Crippen molar-refractivity contribution >= 4 is 71.3 Å². The minimum absolute atomic E-state index is 0.0462. The zero-order chi connectivity index (χ0) is 39.9. The molecule has 0 aliphatic heterocycles. The van der Waals surface area contributed by atoms with Crippen LogP contribution in [0.1, 0.15) is 5.56 Å². The Balaban J connectivity index is 1.06. The van der Waals surface area contributed by atoms with Crippen molar-refractivity contribution in [2.24, 2.45) is 5.73 Å². The molecule has 0 aliphatic carbocycles. The number of nitrogens with two attached hydrogens (primary N) is 1. The number of fused-ring (bicyclic) bond motifs is 9. The van der Waals surface area contributed by atoms with Gasteiger partial charge in [0.1, 0.15) is 5.84 Å². The van der Waals surface area contributed by atoms with E-state index in [2.05, 4.69) is 202 Å². The number of amidine groups is 1. The molecular formula is C55H37N5. The normalized spacial score (nSPS) is 11.8. The maximum absolute atomic E-state index is 8.30. The van der Waals surface area contributed by atoms with Gasteiger partial charge in [-0.15, -0.1) is 0 Å². The summed E-state index contributed by atoms with van der Waals surface area (Å²) < 4.78 is 7.05. The molecule has 0 atom stereocenters. The summed E-state index contributed by atoms with van der Waals surface area (Å²) in [5.41, 5.74) is 21.5. The van der Waals surface area contributed by atoms with Gasteiger partial charge in [0.2, 0.25) is 0 Å². The van der Waals surface area contributed by atoms with E-state index in [1.807, 2.05) is 18.2 Å². The number of hydrogen-bond acceptors (Lipinski definition) is 1. The summed E-state index contributed by atoms with van der Waals surface area (Å²) in [6.45, 7) is 0. The first kappa shape index (κ1) is 33.9. The zero-order valence-corrected chi connectivity index (χ0v) is 32.5. The van der Waals surface area contributed by atoms with Crippen molar-refractivity contribution < 1.29 is 0 Å². The first-order valence-electron chi connectivity index (χ1n) is 20.3. The van der Waals surface area contributed by atoms with Crippen molar-refractivity contribution in [3.63, 3.8) is 0 Å². The number of benzene rings is 9. The summed E-state index contributed by atoms with van der Waals surface area (Å²) in [6.07, 6.45) is 0. The van der Waals surface area contributed by atoms with Crippen LogP contribution in [0.4, 0.5) is 0 Å². The molecule has 0 saturated heterocycles. The van der Waals surface area contributed by atoms with Gasteiger partial charge >= 0.3 is 0 Å². The Labute approximate surface area is 345 Å². The van der Waals surface area contributed by atoms with Crippen LogP contribution >= 0.6 is 0 Å². The Bertz CT molecular complexity index is 3470. The first-order chi connectivity index (χ1) is 29.6. The summed E-state index contributed by atoms with van der Waals surface area (Å²) in [4.78, 5) is 0. The van der Waals surface area contributed by atoms with Crippen LogP contribution in [0.2, 0.25) is 0 Å². The third kappa shape index (κ3) is 5.16. The summed E-state index contributed by atoms with van der Waals surface area (Å²) in [5.74, 6) is 0.0462. The fraction of sp³-hybridized carbons (Fsp3) is 0. The van der Waals surface area contributed by atoms with Crippen molar-refractivity contribution in [2.45, 2.75) is 0 Å². The van der Waals surface area contributed by atoms with Gasteiger partial charge in [0.05, 0.1) is 33.1 Å². The largest absolute Gasteiger partial charge is 0.384 e. The molecule has 3 N–H and O–H groups in total. The lowest BCUT2D eigenvalue weighted by Crippen LogP contribution is -2.11. The summed E-state index contributed by atoms with van der Waals surface area (Å²) in [6, 6.07) is 73.9. The molecule has 60 heavy (non-hydrogen) atoms. The van der Waals surface area contributed by atoms with Crippen molar-refractivity contribution in [3.8, 4) is 39.3 Å². The lowest BCUT2D eigenvalue weighted by Gasteiger charge is -2.12. The fourth-order valence-corrected chi connectivity index (χ4v) is 9.48. The average Bonchev–Trinajstić information content (AvgIpc) is 3.94. The van der Waals surface area contributed by atoms with E-state index in [1.165, 1.54) is 43.6 Å². The molecule has 0 unspecified atom stereocenters. The topological polar surface area (TPSA) is 64.7 Å². The number of nitrogen functional groups attached to an aromatic ring is 1. The smallest absolute Gasteiger partial charge is 0.122 e. The lowest BCUT2D eigenvalue weighted by atomic mass is 10.00. The number of aromatic nitrogens is 3. The molecule has 282 valence electrons. The fourth-order valence-electron chi connectivity index (χ4n) is 9.48. The molecule has 5 nitrogen and oxygen atoms in total. The molecular weight excluding hydrogens is 731 g/mol. The monoisotopic (exact) mass is 767 g/mol. The van der Waals surface area contributed by atoms with E-state index in [0.29, 0.717) is 5.56 Å². The second kappa shape index (κ2) is 13.2. The standard InChI is InChI=1S/C55H37N5/c56-55(57)39-12-11-17-42(30-39)60-53-33-37(35-24-28-51-47(31-35)43-18-7-9-20-49(43)58(51)40-13-3-1-4-14-40)22-26-45(53)46-27-23-38(34-54(46)60)36-25-29-52-48(32-36)44-19-8-10-21-50(44)59(52)41-15-5-2-6-16-41/h1-34H,(H3,56,57). The van der Waals surface area contributed by atoms with Crippen molar-refractivity contribution in [1.29, 1.82) is 5.41 Å². The summed E-state index contributed by atoms with van der Waals surface area (Å²) in [5, 5.41) is 15.5. The van der Waals surface area contributed by atoms with Crippen LogP contribution in [0.5, 0.6) is 0 Å². The van der Waals surface area contributed by atoms with E-state index >= 15 is 0 Å². The van der Waals surface area contributed by atoms with E-state index in [9.17, 15) is 0 Å². The van der Waals surface area contributed by atoms with Gasteiger partial charge in [-0.3, -0.25) is 5.41 Å². The van der Waals surface area contributed by atoms with Gasteiger partial charge in [-0.25, -0.2) is 0 Å². The van der Waals surface area contributed by atoms with Crippen LogP contribution in [-0.2, 0) is 0 Å². The molecule has 0 bridgehead atoms. The number of nitrogens with one attached hydrogen (secondary N) is 1. The molecule has 0 aliphatic rings. The van der Waals surface area contributed by atoms with E-state index in [4.69, 9.17) is 11.1 Å². The molecule has 0 amide bonds. The number of para-hydroxylation sites is 4. The Morgan fingerprint density at radius 3 is 1.18 bits per heavy atom. The van der Waals surface area contributed by atoms with E-state index in [0.717, 1.165) is 61.1 Å². The summed E-state index contributed by atoms with van der Waals surface area (Å²) >= 11 is 0. The Hall–Kier alpha value is -8.15. The molecule has 0 spiro atoms. The number of hydrogen-bond donors (Lipinski definition) is 2. The lowest BCUT2D eigenvalue weighted by molar-refractivity contribution is 1.18. The maximum Gasteiger partial charge on any atom is 0.122 e. The van der Waals surface area contributed by atoms with Gasteiger partial charge in [0.25, 0.3) is 0 Å². The predicted molar refractivity (Wildman–Crippen MR) is 251 cm³/mol. The highest BCUT2D eigenvalue weighted by atomic mass is 15.0. The Morgan fingerprint density at radius 1 is 0.300 bits per heavy atom. The maximum atomic E-state index is 8.30. The quantitative estimate of drug-likeness (QED) is 0.128. The summed E-state index contributed by atoms with van der Waals surface area (Å²) in [7, 11) is 0. The van der Waals surface area contributed by atoms with Crippen LogP contribution < -0.4 is 5.73 Å². The molecule has 0 fully saturated rings. The number of rotatable bonds is 6. The predicted octanol–water partition coefficient (Wildman–Crippen LogP) is 13.6. The SMILES string of the molecule is N=C(N)c1cccc(-n2c3cc(-c4ccc5c(c4)c4ccccc4n5-c4ccccc4)ccc3c3ccc(-c4ccc5c(c4)c4ccccc4n5-c4ccccc4)cc32)c1. The number of nitrogens with zero attached hydrogens (tertiary/aromatic N) is 3. The Kier molecular flexibility index (Phi) is 7.47. The second-order valence-corrected chi connectivity index (χ2v) is 15.6. The van der Waals surface area contributed by atoms with E-state index in [1.54, 1.807) is 0 Å². The molecule has 0 radical (unpaired) electrons. The van der Waals surface area contributed by atoms with Crippen LogP contribution in [0.15, 0.2) is 206 Å². The highest BCUT2D eigenvalue weighted by molar-refractivity contribution is 6.14. The highest BCUT2D eigenvalue weighted by Gasteiger charge is 2.19. The molecule has 5 heteroatoms. The second-order valence-electron chi connectivity index (χ2n) is 15.6. The third-order valence-corrected chi connectivity index (χ3v) is 12.2. The van der Waals surface area contributed by atoms with Gasteiger partial charge in [-0.05, 0) is 107 Å². The molecule has 3 heterocycles. The van der Waals surface area contributed by atoms with Crippen molar-refractivity contribution in [1.82, 2.24) is 13.7 Å². The van der Waals surface area contributed by atoms with Gasteiger partial charge < -0.3 is 19.4 Å². The van der Waals surface area contributed by atoms with Crippen LogP contribution in [0.3, 0.4) is 0 Å². The molecule has 12 rings (SSSR count). The van der Waals surface area contributed by atoms with Crippen LogP contribution in [-0.4, -0.2) is 19.5 Å². The van der Waals surface area contributed by atoms with Gasteiger partial charge in [0.15, 0.2) is 0 Å². The Morgan fingerprint density at radius 2 is 0.683 bits per heavy atom. The van der Waals surface area contributed by atoms with E-state index in [-0.39, 0.29) is 5.84 Å². The van der Waals surface area contributed by atoms with Gasteiger partial charge in [-0.1, -0.05) is 121 Å². The minimum Gasteiger partial charge on any atom is -0.384 e. The average molecular weight is 768 g/mol. The van der Waals surface area contributed by atoms with E-state index < -0.39 is 0 Å². The van der Waals surface area contributed by atoms with Crippen LogP contribution in [0.25, 0.3) is 105 Å². The van der Waals surface area contributed by atoms with Gasteiger partial charge in [0, 0.05) is 54.9 Å². The molecule has 0 saturated carbocycles. The minimum atomic E-state index is 0.0462. The molecule has 12 aromatic rings. The third-order valence-electron chi connectivity index (χ3n) is 12.2. The molecule has 9 aromatic carbocycles.